The van der Waals surface area contributed by atoms with Crippen LogP contribution in [0.5, 0.6) is 0 Å². The first kappa shape index (κ1) is 14.6. The summed E-state index contributed by atoms with van der Waals surface area (Å²) in [7, 11) is 0. The van der Waals surface area contributed by atoms with Crippen molar-refractivity contribution in [3.63, 3.8) is 0 Å². The Balaban J connectivity index is 2.27. The number of aryl methyl sites for hydroxylation is 1. The maximum atomic E-state index is 3.75. The van der Waals surface area contributed by atoms with Gasteiger partial charge < -0.3 is 5.32 Å². The molecule has 1 saturated carbocycles. The third-order valence-corrected chi connectivity index (χ3v) is 4.76. The SMILES string of the molecule is Cc1ccc(C2(CNC(C)(C)C)CCCC2C)cc1. The molecular weight excluding hydrogens is 230 g/mol. The van der Waals surface area contributed by atoms with Crippen LogP contribution in [0.4, 0.5) is 0 Å². The molecule has 19 heavy (non-hydrogen) atoms. The number of nitrogens with one attached hydrogen (secondary N) is 1. The fourth-order valence-electron chi connectivity index (χ4n) is 3.35. The Morgan fingerprint density at radius 3 is 2.32 bits per heavy atom. The predicted molar refractivity (Wildman–Crippen MR) is 83.6 cm³/mol. The van der Waals surface area contributed by atoms with Crippen LogP contribution >= 0.6 is 0 Å². The van der Waals surface area contributed by atoms with Crippen molar-refractivity contribution in [1.29, 1.82) is 0 Å². The molecule has 0 aromatic heterocycles. The lowest BCUT2D eigenvalue weighted by molar-refractivity contribution is 0.279. The van der Waals surface area contributed by atoms with Gasteiger partial charge in [0.2, 0.25) is 0 Å². The van der Waals surface area contributed by atoms with Crippen molar-refractivity contribution in [2.75, 3.05) is 6.54 Å². The van der Waals surface area contributed by atoms with Crippen molar-refractivity contribution in [3.8, 4) is 0 Å². The van der Waals surface area contributed by atoms with Crippen molar-refractivity contribution >= 4 is 0 Å². The summed E-state index contributed by atoms with van der Waals surface area (Å²) in [6, 6.07) is 9.22. The van der Waals surface area contributed by atoms with E-state index in [1.807, 2.05) is 0 Å². The lowest BCUT2D eigenvalue weighted by Crippen LogP contribution is -2.47. The molecule has 0 bridgehead atoms. The first-order valence-corrected chi connectivity index (χ1v) is 7.66. The van der Waals surface area contributed by atoms with Gasteiger partial charge >= 0.3 is 0 Å². The van der Waals surface area contributed by atoms with Crippen molar-refractivity contribution in [3.05, 3.63) is 35.4 Å². The Hall–Kier alpha value is -0.820. The smallest absolute Gasteiger partial charge is 0.0103 e. The molecule has 2 atom stereocenters. The first-order valence-electron chi connectivity index (χ1n) is 7.66. The molecule has 0 radical (unpaired) electrons. The molecule has 0 amide bonds. The van der Waals surface area contributed by atoms with E-state index in [2.05, 4.69) is 64.2 Å². The molecule has 1 aromatic carbocycles. The zero-order valence-corrected chi connectivity index (χ0v) is 13.2. The van der Waals surface area contributed by atoms with E-state index in [1.54, 1.807) is 0 Å². The van der Waals surface area contributed by atoms with Gasteiger partial charge in [-0.2, -0.15) is 0 Å². The molecule has 0 saturated heterocycles. The molecule has 1 heteroatoms. The van der Waals surface area contributed by atoms with Gasteiger partial charge in [-0.15, -0.1) is 0 Å². The Kier molecular flexibility index (Phi) is 4.06. The zero-order valence-electron chi connectivity index (χ0n) is 13.2. The van der Waals surface area contributed by atoms with Crippen LogP contribution in [0.1, 0.15) is 58.1 Å². The van der Waals surface area contributed by atoms with Crippen molar-refractivity contribution in [2.24, 2.45) is 5.92 Å². The van der Waals surface area contributed by atoms with Gasteiger partial charge in [0.15, 0.2) is 0 Å². The third kappa shape index (κ3) is 3.20. The molecule has 0 spiro atoms. The second-order valence-corrected chi connectivity index (χ2v) is 7.42. The van der Waals surface area contributed by atoms with Crippen LogP contribution in [0, 0.1) is 12.8 Å². The molecule has 1 N–H and O–H groups in total. The van der Waals surface area contributed by atoms with Crippen LogP contribution in [0.25, 0.3) is 0 Å². The number of hydrogen-bond acceptors (Lipinski definition) is 1. The van der Waals surface area contributed by atoms with Crippen LogP contribution in [0.15, 0.2) is 24.3 Å². The first-order chi connectivity index (χ1) is 8.83. The second kappa shape index (κ2) is 5.28. The highest BCUT2D eigenvalue weighted by Gasteiger charge is 2.41. The summed E-state index contributed by atoms with van der Waals surface area (Å²) < 4.78 is 0. The molecule has 1 nitrogen and oxygen atoms in total. The topological polar surface area (TPSA) is 12.0 Å². The molecule has 1 aliphatic carbocycles. The lowest BCUT2D eigenvalue weighted by atomic mass is 9.72. The summed E-state index contributed by atoms with van der Waals surface area (Å²) >= 11 is 0. The van der Waals surface area contributed by atoms with E-state index in [0.717, 1.165) is 12.5 Å². The van der Waals surface area contributed by atoms with E-state index in [9.17, 15) is 0 Å². The molecule has 0 heterocycles. The van der Waals surface area contributed by atoms with Gasteiger partial charge in [0, 0.05) is 17.5 Å². The van der Waals surface area contributed by atoms with Gasteiger partial charge in [0.05, 0.1) is 0 Å². The molecule has 2 rings (SSSR count). The van der Waals surface area contributed by atoms with Crippen LogP contribution in [-0.4, -0.2) is 12.1 Å². The maximum Gasteiger partial charge on any atom is 0.0103 e. The van der Waals surface area contributed by atoms with Gasteiger partial charge in [-0.1, -0.05) is 43.2 Å². The Morgan fingerprint density at radius 2 is 1.84 bits per heavy atom. The van der Waals surface area contributed by atoms with E-state index in [1.165, 1.54) is 30.4 Å². The summed E-state index contributed by atoms with van der Waals surface area (Å²) in [4.78, 5) is 0. The van der Waals surface area contributed by atoms with Gasteiger partial charge in [0.25, 0.3) is 0 Å². The molecule has 0 aliphatic heterocycles. The van der Waals surface area contributed by atoms with Gasteiger partial charge in [-0.3, -0.25) is 0 Å². The highest BCUT2D eigenvalue weighted by Crippen LogP contribution is 2.45. The Bertz CT molecular complexity index is 412. The maximum absolute atomic E-state index is 3.75. The minimum absolute atomic E-state index is 0.194. The summed E-state index contributed by atoms with van der Waals surface area (Å²) in [6.45, 7) is 12.5. The van der Waals surface area contributed by atoms with E-state index >= 15 is 0 Å². The van der Waals surface area contributed by atoms with Crippen molar-refractivity contribution in [1.82, 2.24) is 5.32 Å². The molecule has 1 aromatic rings. The average molecular weight is 259 g/mol. The third-order valence-electron chi connectivity index (χ3n) is 4.76. The monoisotopic (exact) mass is 259 g/mol. The predicted octanol–water partition coefficient (Wildman–Crippen LogP) is 4.44. The minimum Gasteiger partial charge on any atom is -0.311 e. The Morgan fingerprint density at radius 1 is 1.21 bits per heavy atom. The number of benzene rings is 1. The Labute approximate surface area is 118 Å². The largest absolute Gasteiger partial charge is 0.311 e. The van der Waals surface area contributed by atoms with Crippen LogP contribution in [0.3, 0.4) is 0 Å². The van der Waals surface area contributed by atoms with Crippen LogP contribution in [-0.2, 0) is 5.41 Å². The molecule has 1 aliphatic rings. The summed E-state index contributed by atoms with van der Waals surface area (Å²) in [6.07, 6.45) is 4.04. The highest BCUT2D eigenvalue weighted by molar-refractivity contribution is 5.31. The van der Waals surface area contributed by atoms with E-state index in [0.29, 0.717) is 5.41 Å². The quantitative estimate of drug-likeness (QED) is 0.846. The van der Waals surface area contributed by atoms with Crippen LogP contribution in [0.2, 0.25) is 0 Å². The van der Waals surface area contributed by atoms with Crippen molar-refractivity contribution in [2.45, 2.75) is 64.8 Å². The van der Waals surface area contributed by atoms with E-state index in [-0.39, 0.29) is 5.54 Å². The second-order valence-electron chi connectivity index (χ2n) is 7.42. The van der Waals surface area contributed by atoms with E-state index in [4.69, 9.17) is 0 Å². The summed E-state index contributed by atoms with van der Waals surface area (Å²) in [5.74, 6) is 0.769. The molecule has 106 valence electrons. The van der Waals surface area contributed by atoms with E-state index < -0.39 is 0 Å². The fraction of sp³-hybridized carbons (Fsp3) is 0.667. The van der Waals surface area contributed by atoms with Gasteiger partial charge in [0.1, 0.15) is 0 Å². The zero-order chi connectivity index (χ0) is 14.1. The summed E-state index contributed by atoms with van der Waals surface area (Å²) in [5, 5.41) is 3.75. The van der Waals surface area contributed by atoms with Gasteiger partial charge in [-0.25, -0.2) is 0 Å². The highest BCUT2D eigenvalue weighted by atomic mass is 15.0. The lowest BCUT2D eigenvalue weighted by Gasteiger charge is -2.38. The van der Waals surface area contributed by atoms with Crippen molar-refractivity contribution < 1.29 is 0 Å². The molecule has 1 fully saturated rings. The average Bonchev–Trinajstić information content (AvgIpc) is 2.69. The fourth-order valence-corrected chi connectivity index (χ4v) is 3.35. The number of rotatable bonds is 3. The standard InChI is InChI=1S/C18H29N/c1-14-8-10-16(11-9-14)18(12-6-7-15(18)2)13-19-17(3,4)5/h8-11,15,19H,6-7,12-13H2,1-5H3. The number of hydrogen-bond donors (Lipinski definition) is 1. The van der Waals surface area contributed by atoms with Gasteiger partial charge in [-0.05, 0) is 52.0 Å². The normalized spacial score (nSPS) is 27.7. The summed E-state index contributed by atoms with van der Waals surface area (Å²) in [5.41, 5.74) is 3.41. The minimum atomic E-state index is 0.194. The molecular formula is C18H29N. The van der Waals surface area contributed by atoms with Crippen LogP contribution < -0.4 is 5.32 Å². The molecule has 2 unspecified atom stereocenters.